The number of nitrogens with one attached hydrogen (secondary N) is 2. The van der Waals surface area contributed by atoms with Gasteiger partial charge in [-0.3, -0.25) is 4.68 Å². The fourth-order valence-electron chi connectivity index (χ4n) is 3.78. The van der Waals surface area contributed by atoms with E-state index in [0.29, 0.717) is 28.2 Å². The highest BCUT2D eigenvalue weighted by Crippen LogP contribution is 2.24. The van der Waals surface area contributed by atoms with E-state index in [-0.39, 0.29) is 0 Å². The first-order valence-corrected chi connectivity index (χ1v) is 12.4. The third kappa shape index (κ3) is 5.76. The molecule has 2 heterocycles. The Labute approximate surface area is 224 Å². The molecule has 5 rings (SSSR count). The van der Waals surface area contributed by atoms with Gasteiger partial charge in [0, 0.05) is 40.1 Å². The zero-order valence-electron chi connectivity index (χ0n) is 19.1. The average molecular weight is 533 g/mol. The molecular weight excluding hydrogens is 511 g/mol. The first kappa shape index (κ1) is 24.1. The van der Waals surface area contributed by atoms with Crippen LogP contribution in [0.4, 0.5) is 5.69 Å². The van der Waals surface area contributed by atoms with Gasteiger partial charge in [-0.05, 0) is 42.0 Å². The summed E-state index contributed by atoms with van der Waals surface area (Å²) in [6.07, 6.45) is 5.63. The van der Waals surface area contributed by atoms with Crippen molar-refractivity contribution in [2.75, 3.05) is 5.32 Å². The monoisotopic (exact) mass is 532 g/mol. The molecule has 0 aliphatic carbocycles. The van der Waals surface area contributed by atoms with Crippen molar-refractivity contribution in [2.45, 2.75) is 13.1 Å². The van der Waals surface area contributed by atoms with Crippen LogP contribution in [0, 0.1) is 0 Å². The number of anilines is 1. The van der Waals surface area contributed by atoms with Gasteiger partial charge in [-0.2, -0.15) is 10.2 Å². The molecule has 36 heavy (non-hydrogen) atoms. The van der Waals surface area contributed by atoms with Crippen molar-refractivity contribution in [3.8, 4) is 16.9 Å². The molecule has 0 aliphatic heterocycles. The van der Waals surface area contributed by atoms with Gasteiger partial charge in [0.05, 0.1) is 29.8 Å². The van der Waals surface area contributed by atoms with Crippen molar-refractivity contribution in [1.82, 2.24) is 24.9 Å². The standard InChI is InChI=1S/C27H22Cl2N6S/c28-22-12-11-20(25(29)13-22)16-34-18-23(15-31-34)32-27(36)30-14-21-17-35(24-9-5-2-6-10-24)33-26(21)19-7-3-1-4-8-19/h1-13,15,17-18H,14,16H2,(H2,30,32,36). The second kappa shape index (κ2) is 11.0. The number of nitrogens with zero attached hydrogens (tertiary/aromatic N) is 4. The molecule has 0 saturated carbocycles. The lowest BCUT2D eigenvalue weighted by Crippen LogP contribution is -2.27. The summed E-state index contributed by atoms with van der Waals surface area (Å²) in [4.78, 5) is 0. The van der Waals surface area contributed by atoms with Crippen molar-refractivity contribution >= 4 is 46.2 Å². The highest BCUT2D eigenvalue weighted by molar-refractivity contribution is 7.80. The summed E-state index contributed by atoms with van der Waals surface area (Å²) in [6.45, 7) is 1.04. The summed E-state index contributed by atoms with van der Waals surface area (Å²) < 4.78 is 3.68. The summed E-state index contributed by atoms with van der Waals surface area (Å²) in [7, 11) is 0. The summed E-state index contributed by atoms with van der Waals surface area (Å²) in [5, 5.41) is 17.4. The van der Waals surface area contributed by atoms with Gasteiger partial charge in [-0.25, -0.2) is 4.68 Å². The van der Waals surface area contributed by atoms with Crippen molar-refractivity contribution in [3.63, 3.8) is 0 Å². The second-order valence-corrected chi connectivity index (χ2v) is 9.37. The largest absolute Gasteiger partial charge is 0.358 e. The zero-order valence-corrected chi connectivity index (χ0v) is 21.4. The van der Waals surface area contributed by atoms with Crippen molar-refractivity contribution in [3.05, 3.63) is 119 Å². The molecule has 6 nitrogen and oxygen atoms in total. The van der Waals surface area contributed by atoms with E-state index in [1.54, 1.807) is 16.9 Å². The molecule has 5 aromatic rings. The number of benzene rings is 3. The van der Waals surface area contributed by atoms with Crippen molar-refractivity contribution < 1.29 is 0 Å². The third-order valence-corrected chi connectivity index (χ3v) is 6.37. The van der Waals surface area contributed by atoms with Gasteiger partial charge in [0.25, 0.3) is 0 Å². The Bertz CT molecular complexity index is 1480. The minimum atomic E-state index is 0.491. The van der Waals surface area contributed by atoms with Crippen LogP contribution in [-0.2, 0) is 13.1 Å². The maximum absolute atomic E-state index is 6.29. The number of hydrogen-bond donors (Lipinski definition) is 2. The summed E-state index contributed by atoms with van der Waals surface area (Å²) >= 11 is 17.8. The Morgan fingerprint density at radius 2 is 1.64 bits per heavy atom. The van der Waals surface area contributed by atoms with E-state index in [4.69, 9.17) is 40.5 Å². The number of para-hydroxylation sites is 1. The molecule has 3 aromatic carbocycles. The lowest BCUT2D eigenvalue weighted by Gasteiger charge is -2.09. The Balaban J connectivity index is 1.26. The smallest absolute Gasteiger partial charge is 0.171 e. The van der Waals surface area contributed by atoms with Crippen molar-refractivity contribution in [2.24, 2.45) is 0 Å². The first-order valence-electron chi connectivity index (χ1n) is 11.3. The molecule has 2 N–H and O–H groups in total. The topological polar surface area (TPSA) is 59.7 Å². The van der Waals surface area contributed by atoms with Gasteiger partial charge in [-0.15, -0.1) is 0 Å². The fourth-order valence-corrected chi connectivity index (χ4v) is 4.44. The van der Waals surface area contributed by atoms with E-state index in [2.05, 4.69) is 27.9 Å². The second-order valence-electron chi connectivity index (χ2n) is 8.12. The molecule has 180 valence electrons. The Morgan fingerprint density at radius 1 is 0.889 bits per heavy atom. The number of rotatable bonds is 7. The minimum absolute atomic E-state index is 0.491. The Hall–Kier alpha value is -3.65. The molecule has 0 saturated heterocycles. The molecule has 0 unspecified atom stereocenters. The van der Waals surface area contributed by atoms with Crippen LogP contribution in [0.2, 0.25) is 10.0 Å². The van der Waals surface area contributed by atoms with Crippen LogP contribution < -0.4 is 10.6 Å². The van der Waals surface area contributed by atoms with Gasteiger partial charge < -0.3 is 10.6 Å². The van der Waals surface area contributed by atoms with E-state index in [0.717, 1.165) is 33.8 Å². The van der Waals surface area contributed by atoms with Gasteiger partial charge >= 0.3 is 0 Å². The van der Waals surface area contributed by atoms with Gasteiger partial charge in [0.2, 0.25) is 0 Å². The fraction of sp³-hybridized carbons (Fsp3) is 0.0741. The van der Waals surface area contributed by atoms with E-state index in [1.165, 1.54) is 0 Å². The molecule has 2 aromatic heterocycles. The molecule has 0 atom stereocenters. The SMILES string of the molecule is S=C(NCc1cn(-c2ccccc2)nc1-c1ccccc1)Nc1cnn(Cc2ccc(Cl)cc2Cl)c1. The number of hydrogen-bond acceptors (Lipinski definition) is 3. The summed E-state index contributed by atoms with van der Waals surface area (Å²) in [6, 6.07) is 25.6. The van der Waals surface area contributed by atoms with Gasteiger partial charge in [0.1, 0.15) is 0 Å². The van der Waals surface area contributed by atoms with E-state index < -0.39 is 0 Å². The quantitative estimate of drug-likeness (QED) is 0.232. The number of aromatic nitrogens is 4. The molecule has 0 amide bonds. The predicted molar refractivity (Wildman–Crippen MR) is 150 cm³/mol. The molecule has 0 spiro atoms. The zero-order chi connectivity index (χ0) is 24.9. The van der Waals surface area contributed by atoms with E-state index >= 15 is 0 Å². The summed E-state index contributed by atoms with van der Waals surface area (Å²) in [5.74, 6) is 0. The molecule has 9 heteroatoms. The molecule has 0 bridgehead atoms. The van der Waals surface area contributed by atoms with Crippen LogP contribution >= 0.6 is 35.4 Å². The molecule has 0 fully saturated rings. The maximum Gasteiger partial charge on any atom is 0.171 e. The Morgan fingerprint density at radius 3 is 2.39 bits per heavy atom. The third-order valence-electron chi connectivity index (χ3n) is 5.54. The average Bonchev–Trinajstić information content (AvgIpc) is 3.52. The van der Waals surface area contributed by atoms with Gasteiger partial charge in [0.15, 0.2) is 5.11 Å². The lowest BCUT2D eigenvalue weighted by molar-refractivity contribution is 0.687. The van der Waals surface area contributed by atoms with Crippen LogP contribution in [0.5, 0.6) is 0 Å². The van der Waals surface area contributed by atoms with Crippen LogP contribution in [0.25, 0.3) is 16.9 Å². The van der Waals surface area contributed by atoms with E-state index in [9.17, 15) is 0 Å². The normalized spacial score (nSPS) is 10.8. The number of thiocarbonyl (C=S) groups is 1. The Kier molecular flexibility index (Phi) is 7.32. The molecular formula is C27H22Cl2N6S. The van der Waals surface area contributed by atoms with Crippen LogP contribution in [-0.4, -0.2) is 24.7 Å². The number of halogens is 2. The van der Waals surface area contributed by atoms with Crippen molar-refractivity contribution in [1.29, 1.82) is 0 Å². The van der Waals surface area contributed by atoms with Gasteiger partial charge in [-0.1, -0.05) is 77.8 Å². The molecule has 0 aliphatic rings. The highest BCUT2D eigenvalue weighted by atomic mass is 35.5. The lowest BCUT2D eigenvalue weighted by atomic mass is 10.1. The van der Waals surface area contributed by atoms with E-state index in [1.807, 2.05) is 77.7 Å². The predicted octanol–water partition coefficient (Wildman–Crippen LogP) is 6.58. The van der Waals surface area contributed by atoms with Crippen LogP contribution in [0.1, 0.15) is 11.1 Å². The molecule has 0 radical (unpaired) electrons. The minimum Gasteiger partial charge on any atom is -0.358 e. The first-order chi connectivity index (χ1) is 17.5. The van der Waals surface area contributed by atoms with Crippen LogP contribution in [0.3, 0.4) is 0 Å². The summed E-state index contributed by atoms with van der Waals surface area (Å²) in [5.41, 5.74) is 5.69. The maximum atomic E-state index is 6.29. The van der Waals surface area contributed by atoms with Crippen LogP contribution in [0.15, 0.2) is 97.5 Å². The highest BCUT2D eigenvalue weighted by Gasteiger charge is 2.13.